The highest BCUT2D eigenvalue weighted by molar-refractivity contribution is 7.17. The van der Waals surface area contributed by atoms with Crippen molar-refractivity contribution in [2.75, 3.05) is 12.4 Å². The first-order valence-electron chi connectivity index (χ1n) is 5.84. The van der Waals surface area contributed by atoms with Gasteiger partial charge in [-0.15, -0.1) is 11.3 Å². The van der Waals surface area contributed by atoms with Gasteiger partial charge in [0.05, 0.1) is 12.7 Å². The molecular weight excluding hydrogens is 250 g/mol. The van der Waals surface area contributed by atoms with Gasteiger partial charge in [0.1, 0.15) is 5.00 Å². The first-order valence-corrected chi connectivity index (χ1v) is 6.65. The fraction of sp³-hybridized carbons (Fsp3) is 0.385. The summed E-state index contributed by atoms with van der Waals surface area (Å²) in [5.74, 6) is -0.590. The third-order valence-electron chi connectivity index (χ3n) is 2.87. The Morgan fingerprint density at radius 3 is 2.83 bits per heavy atom. The van der Waals surface area contributed by atoms with Crippen LogP contribution in [0.4, 0.5) is 5.00 Å². The highest BCUT2D eigenvalue weighted by atomic mass is 32.1. The summed E-state index contributed by atoms with van der Waals surface area (Å²) in [6.45, 7) is 1.77. The van der Waals surface area contributed by atoms with Gasteiger partial charge in [0.2, 0.25) is 5.91 Å². The van der Waals surface area contributed by atoms with Crippen LogP contribution in [0, 0.1) is 0 Å². The monoisotopic (exact) mass is 265 g/mol. The Morgan fingerprint density at radius 2 is 2.17 bits per heavy atom. The number of amides is 1. The van der Waals surface area contributed by atoms with Crippen molar-refractivity contribution >= 4 is 28.2 Å². The van der Waals surface area contributed by atoms with E-state index in [0.717, 1.165) is 24.8 Å². The van der Waals surface area contributed by atoms with E-state index in [1.54, 1.807) is 13.0 Å². The summed E-state index contributed by atoms with van der Waals surface area (Å²) in [6, 6.07) is 0. The SMILES string of the molecule is CC=CC(=O)Nc1sc2c(c1C(=O)OC)CCC2. The molecule has 1 aromatic heterocycles. The summed E-state index contributed by atoms with van der Waals surface area (Å²) < 4.78 is 4.80. The van der Waals surface area contributed by atoms with Crippen molar-refractivity contribution in [1.82, 2.24) is 0 Å². The van der Waals surface area contributed by atoms with Crippen LogP contribution in [0.1, 0.15) is 34.1 Å². The zero-order valence-corrected chi connectivity index (χ0v) is 11.2. The quantitative estimate of drug-likeness (QED) is 0.675. The fourth-order valence-electron chi connectivity index (χ4n) is 2.12. The Bertz CT molecular complexity index is 517. The minimum atomic E-state index is -0.370. The minimum absolute atomic E-state index is 0.220. The number of anilines is 1. The maximum absolute atomic E-state index is 11.8. The van der Waals surface area contributed by atoms with Crippen LogP contribution in [-0.4, -0.2) is 19.0 Å². The van der Waals surface area contributed by atoms with Crippen LogP contribution in [0.15, 0.2) is 12.2 Å². The first kappa shape index (κ1) is 12.8. The van der Waals surface area contributed by atoms with E-state index < -0.39 is 0 Å². The number of fused-ring (bicyclic) bond motifs is 1. The van der Waals surface area contributed by atoms with E-state index in [1.165, 1.54) is 29.4 Å². The summed E-state index contributed by atoms with van der Waals surface area (Å²) in [6.07, 6.45) is 6.02. The van der Waals surface area contributed by atoms with Crippen LogP contribution in [0.3, 0.4) is 0 Å². The average Bonchev–Trinajstić information content (AvgIpc) is 2.88. The number of nitrogens with one attached hydrogen (secondary N) is 1. The van der Waals surface area contributed by atoms with E-state index in [2.05, 4.69) is 5.32 Å². The van der Waals surface area contributed by atoms with E-state index in [0.29, 0.717) is 10.6 Å². The molecule has 0 bridgehead atoms. The van der Waals surface area contributed by atoms with Crippen molar-refractivity contribution in [1.29, 1.82) is 0 Å². The maximum atomic E-state index is 11.8. The van der Waals surface area contributed by atoms with Crippen LogP contribution in [0.2, 0.25) is 0 Å². The third-order valence-corrected chi connectivity index (χ3v) is 4.07. The third kappa shape index (κ3) is 2.31. The second-order valence-corrected chi connectivity index (χ2v) is 5.15. The zero-order valence-electron chi connectivity index (χ0n) is 10.4. The van der Waals surface area contributed by atoms with Gasteiger partial charge in [-0.2, -0.15) is 0 Å². The normalized spacial score (nSPS) is 13.7. The molecule has 0 saturated carbocycles. The molecule has 0 saturated heterocycles. The molecule has 96 valence electrons. The van der Waals surface area contributed by atoms with Crippen molar-refractivity contribution in [3.63, 3.8) is 0 Å². The van der Waals surface area contributed by atoms with E-state index in [-0.39, 0.29) is 11.9 Å². The molecule has 0 radical (unpaired) electrons. The zero-order chi connectivity index (χ0) is 13.1. The second kappa shape index (κ2) is 5.35. The molecule has 0 unspecified atom stereocenters. The molecule has 1 aliphatic carbocycles. The van der Waals surface area contributed by atoms with E-state index in [9.17, 15) is 9.59 Å². The van der Waals surface area contributed by atoms with Crippen molar-refractivity contribution in [3.05, 3.63) is 28.2 Å². The number of esters is 1. The van der Waals surface area contributed by atoms with Gasteiger partial charge in [0, 0.05) is 4.88 Å². The van der Waals surface area contributed by atoms with E-state index >= 15 is 0 Å². The lowest BCUT2D eigenvalue weighted by atomic mass is 10.1. The van der Waals surface area contributed by atoms with Gasteiger partial charge in [-0.1, -0.05) is 6.08 Å². The Balaban J connectivity index is 2.35. The van der Waals surface area contributed by atoms with Crippen LogP contribution < -0.4 is 5.32 Å². The van der Waals surface area contributed by atoms with Gasteiger partial charge in [0.15, 0.2) is 0 Å². The Hall–Kier alpha value is -1.62. The molecule has 1 N–H and O–H groups in total. The molecule has 1 aliphatic rings. The topological polar surface area (TPSA) is 55.4 Å². The number of allylic oxidation sites excluding steroid dienone is 1. The molecule has 0 fully saturated rings. The summed E-state index contributed by atoms with van der Waals surface area (Å²) in [5.41, 5.74) is 1.58. The van der Waals surface area contributed by atoms with Crippen molar-refractivity contribution in [3.8, 4) is 0 Å². The standard InChI is InChI=1S/C13H15NO3S/c1-3-5-10(15)14-12-11(13(16)17-2)8-6-4-7-9(8)18-12/h3,5H,4,6-7H2,1-2H3,(H,14,15). The molecule has 0 spiro atoms. The maximum Gasteiger partial charge on any atom is 0.341 e. The smallest absolute Gasteiger partial charge is 0.341 e. The average molecular weight is 265 g/mol. The number of hydrogen-bond acceptors (Lipinski definition) is 4. The molecule has 5 heteroatoms. The van der Waals surface area contributed by atoms with Gasteiger partial charge < -0.3 is 10.1 Å². The molecule has 4 nitrogen and oxygen atoms in total. The molecule has 2 rings (SSSR count). The number of aryl methyl sites for hydroxylation is 1. The van der Waals surface area contributed by atoms with Gasteiger partial charge in [-0.25, -0.2) is 4.79 Å². The predicted molar refractivity (Wildman–Crippen MR) is 71.1 cm³/mol. The second-order valence-electron chi connectivity index (χ2n) is 4.04. The Kier molecular flexibility index (Phi) is 3.81. The minimum Gasteiger partial charge on any atom is -0.465 e. The number of rotatable bonds is 3. The van der Waals surface area contributed by atoms with Crippen LogP contribution in [0.5, 0.6) is 0 Å². The molecule has 0 aromatic carbocycles. The predicted octanol–water partition coefficient (Wildman–Crippen LogP) is 2.54. The van der Waals surface area contributed by atoms with Gasteiger partial charge in [-0.05, 0) is 37.8 Å². The van der Waals surface area contributed by atoms with Crippen LogP contribution >= 0.6 is 11.3 Å². The molecule has 1 heterocycles. The summed E-state index contributed by atoms with van der Waals surface area (Å²) >= 11 is 1.48. The van der Waals surface area contributed by atoms with Gasteiger partial charge >= 0.3 is 5.97 Å². The van der Waals surface area contributed by atoms with Crippen molar-refractivity contribution in [2.24, 2.45) is 0 Å². The van der Waals surface area contributed by atoms with Crippen LogP contribution in [-0.2, 0) is 22.4 Å². The van der Waals surface area contributed by atoms with Gasteiger partial charge in [-0.3, -0.25) is 4.79 Å². The number of carbonyl (C=O) groups is 2. The molecule has 18 heavy (non-hydrogen) atoms. The lowest BCUT2D eigenvalue weighted by Gasteiger charge is -2.04. The summed E-state index contributed by atoms with van der Waals surface area (Å²) in [7, 11) is 1.36. The number of hydrogen-bond donors (Lipinski definition) is 1. The lowest BCUT2D eigenvalue weighted by Crippen LogP contribution is -2.12. The highest BCUT2D eigenvalue weighted by Gasteiger charge is 2.27. The molecule has 1 aromatic rings. The Labute approximate surface area is 110 Å². The number of carbonyl (C=O) groups excluding carboxylic acids is 2. The molecule has 0 atom stereocenters. The Morgan fingerprint density at radius 1 is 1.39 bits per heavy atom. The largest absolute Gasteiger partial charge is 0.465 e. The van der Waals surface area contributed by atoms with Crippen molar-refractivity contribution < 1.29 is 14.3 Å². The molecule has 1 amide bonds. The van der Waals surface area contributed by atoms with E-state index in [1.807, 2.05) is 0 Å². The molecule has 0 aliphatic heterocycles. The fourth-order valence-corrected chi connectivity index (χ4v) is 3.40. The number of thiophene rings is 1. The number of methoxy groups -OCH3 is 1. The summed E-state index contributed by atoms with van der Waals surface area (Å²) in [5, 5.41) is 3.35. The van der Waals surface area contributed by atoms with Crippen molar-refractivity contribution in [2.45, 2.75) is 26.2 Å². The lowest BCUT2D eigenvalue weighted by molar-refractivity contribution is -0.111. The van der Waals surface area contributed by atoms with Crippen LogP contribution in [0.25, 0.3) is 0 Å². The number of ether oxygens (including phenoxy) is 1. The van der Waals surface area contributed by atoms with Gasteiger partial charge in [0.25, 0.3) is 0 Å². The first-order chi connectivity index (χ1) is 8.67. The highest BCUT2D eigenvalue weighted by Crippen LogP contribution is 2.39. The van der Waals surface area contributed by atoms with E-state index in [4.69, 9.17) is 4.74 Å². The summed E-state index contributed by atoms with van der Waals surface area (Å²) in [4.78, 5) is 24.6. The molecular formula is C13H15NO3S.